The van der Waals surface area contributed by atoms with Gasteiger partial charge in [-0.05, 0) is 59.2 Å². The number of hydrogen-bond donors (Lipinski definition) is 1. The Hall–Kier alpha value is -3.79. The molecule has 0 unspecified atom stereocenters. The lowest BCUT2D eigenvalue weighted by Crippen LogP contribution is -2.31. The fourth-order valence-corrected chi connectivity index (χ4v) is 3.56. The topological polar surface area (TPSA) is 76.3 Å². The van der Waals surface area contributed by atoms with Crippen LogP contribution in [0.25, 0.3) is 0 Å². The summed E-state index contributed by atoms with van der Waals surface area (Å²) < 4.78 is 42.6. The third-order valence-corrected chi connectivity index (χ3v) is 5.60. The molecular formula is C27H36F2N6O2. The van der Waals surface area contributed by atoms with Gasteiger partial charge in [-0.2, -0.15) is 5.10 Å². The molecule has 0 bridgehead atoms. The van der Waals surface area contributed by atoms with Crippen LogP contribution in [0, 0.1) is 11.6 Å². The van der Waals surface area contributed by atoms with E-state index in [0.717, 1.165) is 16.8 Å². The number of aryl methyl sites for hydroxylation is 1. The van der Waals surface area contributed by atoms with Crippen molar-refractivity contribution in [3.63, 3.8) is 0 Å². The van der Waals surface area contributed by atoms with Gasteiger partial charge in [0.25, 0.3) is 0 Å². The molecule has 0 amide bonds. The van der Waals surface area contributed by atoms with Gasteiger partial charge in [-0.3, -0.25) is 14.7 Å². The predicted molar refractivity (Wildman–Crippen MR) is 146 cm³/mol. The number of methoxy groups -OCH3 is 2. The van der Waals surface area contributed by atoms with Crippen molar-refractivity contribution >= 4 is 18.1 Å². The number of anilines is 1. The molecule has 2 rings (SSSR count). The molecule has 8 nitrogen and oxygen atoms in total. The Labute approximate surface area is 217 Å². The maximum Gasteiger partial charge on any atom is 0.191 e. The Morgan fingerprint density at radius 1 is 1.14 bits per heavy atom. The average molecular weight is 515 g/mol. The van der Waals surface area contributed by atoms with Crippen molar-refractivity contribution in [2.75, 3.05) is 39.3 Å². The minimum absolute atomic E-state index is 0.119. The number of aromatic nitrogens is 2. The number of hydrogen-bond acceptors (Lipinski definition) is 7. The molecule has 0 saturated heterocycles. The monoisotopic (exact) mass is 514 g/mol. The van der Waals surface area contributed by atoms with Crippen molar-refractivity contribution in [2.24, 2.45) is 17.0 Å². The second-order valence-corrected chi connectivity index (χ2v) is 8.48. The number of rotatable bonds is 12. The number of nitrogens with one attached hydrogen (secondary N) is 1. The van der Waals surface area contributed by atoms with Crippen molar-refractivity contribution in [3.8, 4) is 11.5 Å². The van der Waals surface area contributed by atoms with Crippen LogP contribution in [0.4, 0.5) is 14.5 Å². The van der Waals surface area contributed by atoms with Gasteiger partial charge < -0.3 is 19.7 Å². The zero-order chi connectivity index (χ0) is 27.7. The highest BCUT2D eigenvalue weighted by molar-refractivity contribution is 5.99. The predicted octanol–water partition coefficient (Wildman–Crippen LogP) is 5.03. The molecule has 0 aliphatic heterocycles. The normalized spacial score (nSPS) is 12.4. The molecule has 2 aromatic rings. The smallest absolute Gasteiger partial charge is 0.191 e. The van der Waals surface area contributed by atoms with Gasteiger partial charge in [-0.15, -0.1) is 0 Å². The number of likely N-dealkylation sites (N-methyl/N-ethyl adjacent to an activating group) is 1. The molecule has 37 heavy (non-hydrogen) atoms. The third-order valence-electron chi connectivity index (χ3n) is 5.60. The third kappa shape index (κ3) is 7.13. The van der Waals surface area contributed by atoms with E-state index < -0.39 is 11.6 Å². The number of benzene rings is 1. The summed E-state index contributed by atoms with van der Waals surface area (Å²) in [6.07, 6.45) is 7.06. The van der Waals surface area contributed by atoms with Gasteiger partial charge in [0.2, 0.25) is 0 Å². The van der Waals surface area contributed by atoms with Gasteiger partial charge >= 0.3 is 0 Å². The minimum Gasteiger partial charge on any atom is -0.493 e. The molecule has 1 heterocycles. The van der Waals surface area contributed by atoms with Crippen molar-refractivity contribution in [2.45, 2.75) is 27.7 Å². The van der Waals surface area contributed by atoms with E-state index in [0.29, 0.717) is 23.6 Å². The first kappa shape index (κ1) is 29.4. The fraction of sp³-hybridized carbons (Fsp3) is 0.370. The van der Waals surface area contributed by atoms with Crippen molar-refractivity contribution in [1.82, 2.24) is 15.1 Å². The van der Waals surface area contributed by atoms with Gasteiger partial charge in [0.1, 0.15) is 5.69 Å². The molecule has 0 atom stereocenters. The molecule has 0 spiro atoms. The Morgan fingerprint density at radius 3 is 2.22 bits per heavy atom. The zero-order valence-corrected chi connectivity index (χ0v) is 22.8. The maximum atomic E-state index is 15.3. The number of aliphatic imine (C=N–C) groups is 2. The number of allylic oxidation sites excluding steroid dienone is 4. The summed E-state index contributed by atoms with van der Waals surface area (Å²) >= 11 is 0. The van der Waals surface area contributed by atoms with Crippen LogP contribution in [-0.2, 0) is 7.05 Å². The lowest BCUT2D eigenvalue weighted by atomic mass is 10.1. The van der Waals surface area contributed by atoms with E-state index in [1.54, 1.807) is 37.0 Å². The van der Waals surface area contributed by atoms with Crippen LogP contribution >= 0.6 is 0 Å². The molecule has 10 heteroatoms. The second-order valence-electron chi connectivity index (χ2n) is 8.48. The van der Waals surface area contributed by atoms with E-state index >= 15 is 8.78 Å². The van der Waals surface area contributed by atoms with Crippen LogP contribution in [0.1, 0.15) is 33.3 Å². The van der Waals surface area contributed by atoms with Gasteiger partial charge in [0.15, 0.2) is 23.1 Å². The lowest BCUT2D eigenvalue weighted by molar-refractivity contribution is 0.358. The van der Waals surface area contributed by atoms with Crippen LogP contribution in [0.5, 0.6) is 11.5 Å². The Morgan fingerprint density at radius 2 is 1.76 bits per heavy atom. The number of nitrogens with zero attached hydrogens (tertiary/aromatic N) is 5. The van der Waals surface area contributed by atoms with Gasteiger partial charge in [-0.25, -0.2) is 8.78 Å². The molecule has 1 aromatic heterocycles. The molecule has 1 aromatic carbocycles. The maximum absolute atomic E-state index is 15.3. The van der Waals surface area contributed by atoms with E-state index in [2.05, 4.69) is 22.1 Å². The lowest BCUT2D eigenvalue weighted by Gasteiger charge is -2.27. The molecule has 0 radical (unpaired) electrons. The highest BCUT2D eigenvalue weighted by atomic mass is 19.1. The first-order valence-electron chi connectivity index (χ1n) is 11.7. The second kappa shape index (κ2) is 13.5. The summed E-state index contributed by atoms with van der Waals surface area (Å²) in [6, 6.07) is 1.19. The van der Waals surface area contributed by atoms with Crippen LogP contribution in [0.15, 0.2) is 63.3 Å². The first-order chi connectivity index (χ1) is 17.6. The number of halogens is 2. The van der Waals surface area contributed by atoms with Crippen molar-refractivity contribution < 1.29 is 18.3 Å². The minimum atomic E-state index is -0.822. The summed E-state index contributed by atoms with van der Waals surface area (Å²) in [6.45, 7) is 12.0. The van der Waals surface area contributed by atoms with Crippen LogP contribution in [0.2, 0.25) is 0 Å². The molecular weight excluding hydrogens is 478 g/mol. The molecule has 0 fully saturated rings. The van der Waals surface area contributed by atoms with Crippen molar-refractivity contribution in [1.29, 1.82) is 0 Å². The van der Waals surface area contributed by atoms with Crippen LogP contribution in [-0.4, -0.2) is 56.6 Å². The highest BCUT2D eigenvalue weighted by Gasteiger charge is 2.25. The summed E-state index contributed by atoms with van der Waals surface area (Å²) in [7, 11) is 6.24. The Kier molecular flexibility index (Phi) is 10.7. The standard InChI is InChI=1S/C27H36F2N6O2/c1-17(2)26(33-19(4)20-15-32-34(7)16-20)21(31-6)11-10-18(3)35(13-12-30-5)27-24(28)22(36-8)14-23(37-9)25(27)29/h10-11,14-16,30H,6,12-13H2,1-5,7-9H3/b18-10+,21-11+,33-19?. The zero-order valence-electron chi connectivity index (χ0n) is 22.8. The average Bonchev–Trinajstić information content (AvgIpc) is 3.31. The van der Waals surface area contributed by atoms with Crippen LogP contribution in [0.3, 0.4) is 0 Å². The summed E-state index contributed by atoms with van der Waals surface area (Å²) in [5, 5.41) is 7.21. The van der Waals surface area contributed by atoms with E-state index in [1.165, 1.54) is 25.2 Å². The van der Waals surface area contributed by atoms with E-state index in [-0.39, 0.29) is 23.7 Å². The molecule has 0 aliphatic carbocycles. The Balaban J connectivity index is 2.60. The first-order valence-corrected chi connectivity index (χ1v) is 11.7. The largest absolute Gasteiger partial charge is 0.493 e. The SMILES string of the molecule is C=N/C(=C/C=C(\C)N(CCNC)c1c(F)c(OC)cc(OC)c1F)C(N=C(C)c1cnn(C)c1)=C(C)C. The van der Waals surface area contributed by atoms with Crippen molar-refractivity contribution in [3.05, 3.63) is 70.5 Å². The highest BCUT2D eigenvalue weighted by Crippen LogP contribution is 2.38. The number of ether oxygens (including phenoxy) is 2. The summed E-state index contributed by atoms with van der Waals surface area (Å²) in [5.74, 6) is -1.88. The van der Waals surface area contributed by atoms with E-state index in [4.69, 9.17) is 14.5 Å². The van der Waals surface area contributed by atoms with E-state index in [1.807, 2.05) is 34.0 Å². The van der Waals surface area contributed by atoms with Gasteiger partial charge in [-0.1, -0.05) is 0 Å². The molecule has 1 N–H and O–H groups in total. The van der Waals surface area contributed by atoms with Gasteiger partial charge in [0.05, 0.1) is 31.8 Å². The fourth-order valence-electron chi connectivity index (χ4n) is 3.56. The van der Waals surface area contributed by atoms with Gasteiger partial charge in [0, 0.05) is 49.4 Å². The summed E-state index contributed by atoms with van der Waals surface area (Å²) in [5.41, 5.74) is 4.02. The quantitative estimate of drug-likeness (QED) is 0.318. The Bertz CT molecular complexity index is 1210. The molecule has 0 aliphatic rings. The van der Waals surface area contributed by atoms with Crippen LogP contribution < -0.4 is 19.7 Å². The van der Waals surface area contributed by atoms with E-state index in [9.17, 15) is 0 Å². The molecule has 0 saturated carbocycles. The summed E-state index contributed by atoms with van der Waals surface area (Å²) in [4.78, 5) is 10.5. The molecule has 200 valence electrons.